The molecule has 1 aromatic rings. The van der Waals surface area contributed by atoms with Crippen LogP contribution in [0.15, 0.2) is 24.5 Å². The molecule has 1 aromatic heterocycles. The zero-order valence-electron chi connectivity index (χ0n) is 27.3. The standard InChI is InChI=1S/C32H54N6O6/c1-7-11-26(37-32(44)29(22(5)8-2)38-27(39)13-9-14-28(40)41)31(43)36-25(18-21(3)4)20-35-23(6)30(42)34-17-15-24-12-10-16-33-19-24/h10,12,16,19,21-23,25-26,29,35H,7-9,11,13-15,17-18,20H2,1-6H3,(H,34,42)(H,36,43)(H,37,44)(H,38,39)(H,40,41)/t22-,23+,25+,26+,29+/m1/s1. The third-order valence-corrected chi connectivity index (χ3v) is 7.42. The van der Waals surface area contributed by atoms with E-state index in [0.29, 0.717) is 45.2 Å². The fourth-order valence-corrected chi connectivity index (χ4v) is 4.67. The minimum Gasteiger partial charge on any atom is -0.481 e. The summed E-state index contributed by atoms with van der Waals surface area (Å²) in [6.45, 7) is 12.4. The average Bonchev–Trinajstić information content (AvgIpc) is 2.97. The predicted octanol–water partition coefficient (Wildman–Crippen LogP) is 2.32. The van der Waals surface area contributed by atoms with E-state index in [1.165, 1.54) is 0 Å². The first kappa shape index (κ1) is 38.5. The molecule has 0 saturated carbocycles. The molecule has 0 aliphatic carbocycles. The molecular weight excluding hydrogens is 564 g/mol. The van der Waals surface area contributed by atoms with Gasteiger partial charge in [0.25, 0.3) is 0 Å². The van der Waals surface area contributed by atoms with Gasteiger partial charge in [-0.25, -0.2) is 0 Å². The molecule has 0 unspecified atom stereocenters. The minimum absolute atomic E-state index is 0.00375. The summed E-state index contributed by atoms with van der Waals surface area (Å²) in [5.41, 5.74) is 1.04. The Morgan fingerprint density at radius 3 is 2.25 bits per heavy atom. The first-order valence-corrected chi connectivity index (χ1v) is 15.9. The summed E-state index contributed by atoms with van der Waals surface area (Å²) >= 11 is 0. The van der Waals surface area contributed by atoms with Gasteiger partial charge >= 0.3 is 5.97 Å². The number of nitrogens with one attached hydrogen (secondary N) is 5. The summed E-state index contributed by atoms with van der Waals surface area (Å²) in [4.78, 5) is 66.7. The number of aliphatic carboxylic acids is 1. The fraction of sp³-hybridized carbons (Fsp3) is 0.688. The van der Waals surface area contributed by atoms with Gasteiger partial charge < -0.3 is 31.7 Å². The van der Waals surface area contributed by atoms with Gasteiger partial charge in [0.15, 0.2) is 0 Å². The highest BCUT2D eigenvalue weighted by atomic mass is 16.4. The summed E-state index contributed by atoms with van der Waals surface area (Å²) in [6, 6.07) is 1.41. The lowest BCUT2D eigenvalue weighted by Crippen LogP contribution is -2.57. The number of rotatable bonds is 22. The number of carboxylic acids is 1. The molecule has 44 heavy (non-hydrogen) atoms. The van der Waals surface area contributed by atoms with E-state index in [1.807, 2.05) is 32.9 Å². The van der Waals surface area contributed by atoms with Crippen molar-refractivity contribution in [1.29, 1.82) is 0 Å². The molecule has 6 N–H and O–H groups in total. The van der Waals surface area contributed by atoms with Crippen LogP contribution in [0.3, 0.4) is 0 Å². The number of carboxylic acid groups (broad SMARTS) is 1. The summed E-state index contributed by atoms with van der Waals surface area (Å²) in [7, 11) is 0. The largest absolute Gasteiger partial charge is 0.481 e. The molecule has 0 spiro atoms. The number of hydrogen-bond donors (Lipinski definition) is 6. The van der Waals surface area contributed by atoms with E-state index < -0.39 is 35.9 Å². The van der Waals surface area contributed by atoms with E-state index in [-0.39, 0.29) is 49.0 Å². The Kier molecular flexibility index (Phi) is 18.6. The van der Waals surface area contributed by atoms with Crippen LogP contribution in [0.25, 0.3) is 0 Å². The van der Waals surface area contributed by atoms with E-state index in [1.54, 1.807) is 19.3 Å². The van der Waals surface area contributed by atoms with Crippen molar-refractivity contribution in [3.8, 4) is 0 Å². The molecule has 1 heterocycles. The minimum atomic E-state index is -0.983. The zero-order chi connectivity index (χ0) is 33.1. The maximum atomic E-state index is 13.4. The summed E-state index contributed by atoms with van der Waals surface area (Å²) in [5.74, 6) is -2.22. The van der Waals surface area contributed by atoms with Crippen LogP contribution in [0.4, 0.5) is 0 Å². The maximum Gasteiger partial charge on any atom is 0.303 e. The fourth-order valence-electron chi connectivity index (χ4n) is 4.67. The van der Waals surface area contributed by atoms with E-state index in [9.17, 15) is 24.0 Å². The molecule has 0 saturated heterocycles. The monoisotopic (exact) mass is 618 g/mol. The summed E-state index contributed by atoms with van der Waals surface area (Å²) in [6.07, 6.45) is 6.54. The molecule has 12 nitrogen and oxygen atoms in total. The molecule has 0 aliphatic rings. The summed E-state index contributed by atoms with van der Waals surface area (Å²) in [5, 5.41) is 23.6. The second-order valence-electron chi connectivity index (χ2n) is 11.9. The second kappa shape index (κ2) is 21.2. The van der Waals surface area contributed by atoms with Crippen molar-refractivity contribution in [3.63, 3.8) is 0 Å². The highest BCUT2D eigenvalue weighted by Crippen LogP contribution is 2.11. The van der Waals surface area contributed by atoms with Crippen LogP contribution in [-0.2, 0) is 30.4 Å². The van der Waals surface area contributed by atoms with Crippen molar-refractivity contribution >= 4 is 29.6 Å². The van der Waals surface area contributed by atoms with Gasteiger partial charge in [0.1, 0.15) is 12.1 Å². The Morgan fingerprint density at radius 2 is 1.66 bits per heavy atom. The lowest BCUT2D eigenvalue weighted by molar-refractivity contribution is -0.137. The smallest absolute Gasteiger partial charge is 0.303 e. The van der Waals surface area contributed by atoms with E-state index >= 15 is 0 Å². The zero-order valence-corrected chi connectivity index (χ0v) is 27.3. The number of pyridine rings is 1. The Bertz CT molecular complexity index is 1040. The highest BCUT2D eigenvalue weighted by molar-refractivity contribution is 5.92. The molecule has 0 fully saturated rings. The van der Waals surface area contributed by atoms with E-state index in [2.05, 4.69) is 45.4 Å². The second-order valence-corrected chi connectivity index (χ2v) is 11.9. The first-order valence-electron chi connectivity index (χ1n) is 15.9. The quantitative estimate of drug-likeness (QED) is 0.115. The van der Waals surface area contributed by atoms with Gasteiger partial charge in [-0.15, -0.1) is 0 Å². The van der Waals surface area contributed by atoms with Gasteiger partial charge in [-0.3, -0.25) is 29.0 Å². The molecule has 0 aliphatic heterocycles. The van der Waals surface area contributed by atoms with Gasteiger partial charge in [0, 0.05) is 44.4 Å². The van der Waals surface area contributed by atoms with Crippen molar-refractivity contribution in [1.82, 2.24) is 31.6 Å². The van der Waals surface area contributed by atoms with Crippen molar-refractivity contribution in [3.05, 3.63) is 30.1 Å². The Balaban J connectivity index is 2.78. The average molecular weight is 619 g/mol. The number of hydrogen-bond acceptors (Lipinski definition) is 7. The van der Waals surface area contributed by atoms with Gasteiger partial charge in [0.2, 0.25) is 23.6 Å². The Hall–Kier alpha value is -3.54. The summed E-state index contributed by atoms with van der Waals surface area (Å²) < 4.78 is 0. The van der Waals surface area contributed by atoms with Crippen molar-refractivity contribution in [2.75, 3.05) is 13.1 Å². The molecule has 1 rings (SSSR count). The molecular formula is C32H54N6O6. The van der Waals surface area contributed by atoms with Crippen molar-refractivity contribution < 1.29 is 29.1 Å². The van der Waals surface area contributed by atoms with Crippen LogP contribution in [0.1, 0.15) is 92.1 Å². The van der Waals surface area contributed by atoms with Crippen LogP contribution < -0.4 is 26.6 Å². The molecule has 0 radical (unpaired) electrons. The third kappa shape index (κ3) is 15.8. The molecule has 0 bridgehead atoms. The maximum absolute atomic E-state index is 13.4. The number of nitrogens with zero attached hydrogens (tertiary/aromatic N) is 1. The molecule has 12 heteroatoms. The Labute approximate surface area is 262 Å². The third-order valence-electron chi connectivity index (χ3n) is 7.42. The van der Waals surface area contributed by atoms with Crippen molar-refractivity contribution in [2.45, 2.75) is 117 Å². The number of carbonyl (C=O) groups is 5. The molecule has 5 atom stereocenters. The topological polar surface area (TPSA) is 179 Å². The van der Waals surface area contributed by atoms with E-state index in [4.69, 9.17) is 5.11 Å². The van der Waals surface area contributed by atoms with Crippen molar-refractivity contribution in [2.24, 2.45) is 11.8 Å². The van der Waals surface area contributed by atoms with Gasteiger partial charge in [-0.2, -0.15) is 0 Å². The lowest BCUT2D eigenvalue weighted by atomic mass is 9.97. The Morgan fingerprint density at radius 1 is 0.932 bits per heavy atom. The molecule has 4 amide bonds. The van der Waals surface area contributed by atoms with Crippen LogP contribution in [-0.4, -0.2) is 76.9 Å². The highest BCUT2D eigenvalue weighted by Gasteiger charge is 2.30. The van der Waals surface area contributed by atoms with Crippen LogP contribution in [0.5, 0.6) is 0 Å². The predicted molar refractivity (Wildman–Crippen MR) is 170 cm³/mol. The molecule has 248 valence electrons. The van der Waals surface area contributed by atoms with E-state index in [0.717, 1.165) is 5.56 Å². The van der Waals surface area contributed by atoms with Gasteiger partial charge in [-0.1, -0.05) is 53.5 Å². The number of amides is 4. The normalized spacial score (nSPS) is 14.5. The van der Waals surface area contributed by atoms with Crippen LogP contribution in [0, 0.1) is 11.8 Å². The number of carbonyl (C=O) groups excluding carboxylic acids is 4. The van der Waals surface area contributed by atoms with Gasteiger partial charge in [0.05, 0.1) is 6.04 Å². The lowest BCUT2D eigenvalue weighted by Gasteiger charge is -2.28. The van der Waals surface area contributed by atoms with Gasteiger partial charge in [-0.05, 0) is 56.1 Å². The van der Waals surface area contributed by atoms with Crippen LogP contribution >= 0.6 is 0 Å². The number of aromatic nitrogens is 1. The van der Waals surface area contributed by atoms with Crippen LogP contribution in [0.2, 0.25) is 0 Å². The molecule has 0 aromatic carbocycles. The first-order chi connectivity index (χ1) is 20.9. The SMILES string of the molecule is CCC[C@H](NC(=O)[C@@H](NC(=O)CCCC(=O)O)[C@H](C)CC)C(=O)N[C@H](CN[C@@H](C)C(=O)NCCc1cccnc1)CC(C)C.